The molecule has 4 heteroatoms. The largest absolute Gasteiger partial charge is 0.356 e. The average molecular weight is 262 g/mol. The van der Waals surface area contributed by atoms with Crippen molar-refractivity contribution in [2.75, 3.05) is 12.3 Å². The van der Waals surface area contributed by atoms with Gasteiger partial charge in [-0.15, -0.1) is 11.8 Å². The average Bonchev–Trinajstić information content (AvgIpc) is 2.73. The van der Waals surface area contributed by atoms with Crippen LogP contribution in [-0.4, -0.2) is 17.5 Å². The van der Waals surface area contributed by atoms with E-state index >= 15 is 0 Å². The van der Waals surface area contributed by atoms with Crippen LogP contribution in [0.5, 0.6) is 0 Å². The Morgan fingerprint density at radius 1 is 1.28 bits per heavy atom. The molecule has 96 valence electrons. The van der Waals surface area contributed by atoms with Gasteiger partial charge in [-0.05, 0) is 37.8 Å². The quantitative estimate of drug-likeness (QED) is 0.840. The van der Waals surface area contributed by atoms with Crippen molar-refractivity contribution in [2.45, 2.75) is 25.2 Å². The minimum absolute atomic E-state index is 0.610. The van der Waals surface area contributed by atoms with Gasteiger partial charge in [-0.3, -0.25) is 0 Å². The van der Waals surface area contributed by atoms with Crippen LogP contribution < -0.4 is 5.73 Å². The van der Waals surface area contributed by atoms with E-state index in [-0.39, 0.29) is 0 Å². The summed E-state index contributed by atoms with van der Waals surface area (Å²) in [5.74, 6) is 1.94. The molecule has 2 rings (SSSR count). The zero-order valence-electron chi connectivity index (χ0n) is 10.8. The lowest BCUT2D eigenvalue weighted by molar-refractivity contribution is 0.426. The highest BCUT2D eigenvalue weighted by molar-refractivity contribution is 7.99. The number of nitrogens with zero attached hydrogens (tertiary/aromatic N) is 1. The first-order chi connectivity index (χ1) is 8.76. The van der Waals surface area contributed by atoms with Gasteiger partial charge in [0.05, 0.1) is 5.69 Å². The minimum Gasteiger partial charge on any atom is -0.356 e. The molecule has 0 radical (unpaired) electrons. The van der Waals surface area contributed by atoms with E-state index in [0.29, 0.717) is 6.54 Å². The van der Waals surface area contributed by atoms with E-state index in [9.17, 15) is 0 Å². The molecule has 0 fully saturated rings. The highest BCUT2D eigenvalue weighted by Crippen LogP contribution is 2.28. The first-order valence-corrected chi connectivity index (χ1v) is 7.13. The molecular weight excluding hydrogens is 244 g/mol. The van der Waals surface area contributed by atoms with Crippen LogP contribution in [0.15, 0.2) is 33.7 Å². The Morgan fingerprint density at radius 3 is 2.61 bits per heavy atom. The van der Waals surface area contributed by atoms with E-state index in [1.54, 1.807) is 0 Å². The molecule has 2 N–H and O–H groups in total. The van der Waals surface area contributed by atoms with Crippen LogP contribution in [0.1, 0.15) is 18.2 Å². The fraction of sp³-hybridized carbons (Fsp3) is 0.357. The number of benzene rings is 1. The summed E-state index contributed by atoms with van der Waals surface area (Å²) < 4.78 is 5.42. The molecule has 0 bridgehead atoms. The van der Waals surface area contributed by atoms with E-state index in [1.165, 1.54) is 4.90 Å². The van der Waals surface area contributed by atoms with Crippen molar-refractivity contribution in [3.63, 3.8) is 0 Å². The van der Waals surface area contributed by atoms with E-state index in [1.807, 2.05) is 18.7 Å². The van der Waals surface area contributed by atoms with Crippen LogP contribution in [0.25, 0.3) is 11.3 Å². The maximum absolute atomic E-state index is 5.63. The number of hydrogen-bond acceptors (Lipinski definition) is 4. The SMILES string of the molecule is CCSc1ccc(-c2onc(C)c2CCN)cc1. The number of aryl methyl sites for hydroxylation is 1. The van der Waals surface area contributed by atoms with Crippen molar-refractivity contribution < 1.29 is 4.52 Å². The van der Waals surface area contributed by atoms with Crippen LogP contribution in [0, 0.1) is 6.92 Å². The monoisotopic (exact) mass is 262 g/mol. The van der Waals surface area contributed by atoms with Crippen LogP contribution in [0.4, 0.5) is 0 Å². The first kappa shape index (κ1) is 13.2. The zero-order valence-corrected chi connectivity index (χ0v) is 11.6. The summed E-state index contributed by atoms with van der Waals surface area (Å²) in [6, 6.07) is 8.40. The minimum atomic E-state index is 0.610. The molecule has 2 aromatic rings. The molecule has 1 heterocycles. The summed E-state index contributed by atoms with van der Waals surface area (Å²) in [6.45, 7) is 4.72. The summed E-state index contributed by atoms with van der Waals surface area (Å²) in [6.07, 6.45) is 0.802. The van der Waals surface area contributed by atoms with Crippen molar-refractivity contribution in [3.8, 4) is 11.3 Å². The van der Waals surface area contributed by atoms with Crippen LogP contribution >= 0.6 is 11.8 Å². The predicted molar refractivity (Wildman–Crippen MR) is 75.8 cm³/mol. The number of aromatic nitrogens is 1. The molecule has 1 aromatic heterocycles. The lowest BCUT2D eigenvalue weighted by atomic mass is 10.0. The molecule has 0 amide bonds. The highest BCUT2D eigenvalue weighted by Gasteiger charge is 2.13. The Balaban J connectivity index is 2.30. The number of hydrogen-bond donors (Lipinski definition) is 1. The second kappa shape index (κ2) is 6.07. The lowest BCUT2D eigenvalue weighted by Crippen LogP contribution is -2.03. The van der Waals surface area contributed by atoms with Gasteiger partial charge in [0.1, 0.15) is 0 Å². The molecule has 0 spiro atoms. The van der Waals surface area contributed by atoms with Crippen molar-refractivity contribution in [1.29, 1.82) is 0 Å². The Kier molecular flexibility index (Phi) is 4.44. The molecule has 18 heavy (non-hydrogen) atoms. The van der Waals surface area contributed by atoms with Gasteiger partial charge >= 0.3 is 0 Å². The third kappa shape index (κ3) is 2.76. The molecule has 0 unspecified atom stereocenters. The van der Waals surface area contributed by atoms with E-state index in [2.05, 4.69) is 36.3 Å². The van der Waals surface area contributed by atoms with Gasteiger partial charge in [0.25, 0.3) is 0 Å². The second-order valence-corrected chi connectivity index (χ2v) is 5.41. The summed E-state index contributed by atoms with van der Waals surface area (Å²) in [4.78, 5) is 1.28. The number of nitrogens with two attached hydrogens (primary N) is 1. The Morgan fingerprint density at radius 2 is 2.00 bits per heavy atom. The third-order valence-electron chi connectivity index (χ3n) is 2.81. The molecule has 0 aliphatic carbocycles. The summed E-state index contributed by atoms with van der Waals surface area (Å²) in [5, 5.41) is 4.03. The Hall–Kier alpha value is -1.26. The highest BCUT2D eigenvalue weighted by atomic mass is 32.2. The van der Waals surface area contributed by atoms with E-state index < -0.39 is 0 Å². The maximum Gasteiger partial charge on any atom is 0.170 e. The van der Waals surface area contributed by atoms with E-state index in [4.69, 9.17) is 10.3 Å². The van der Waals surface area contributed by atoms with Gasteiger partial charge in [-0.1, -0.05) is 24.2 Å². The van der Waals surface area contributed by atoms with Crippen LogP contribution in [0.2, 0.25) is 0 Å². The van der Waals surface area contributed by atoms with Gasteiger partial charge in [0, 0.05) is 16.0 Å². The maximum atomic E-state index is 5.63. The fourth-order valence-corrected chi connectivity index (χ4v) is 2.59. The van der Waals surface area contributed by atoms with Gasteiger partial charge in [-0.2, -0.15) is 0 Å². The molecule has 0 aliphatic heterocycles. The molecule has 1 aromatic carbocycles. The Bertz CT molecular complexity index is 505. The van der Waals surface area contributed by atoms with Gasteiger partial charge in [-0.25, -0.2) is 0 Å². The zero-order chi connectivity index (χ0) is 13.0. The second-order valence-electron chi connectivity index (χ2n) is 4.07. The summed E-state index contributed by atoms with van der Waals surface area (Å²) in [5.41, 5.74) is 8.75. The van der Waals surface area contributed by atoms with E-state index in [0.717, 1.165) is 34.8 Å². The number of rotatable bonds is 5. The molecule has 3 nitrogen and oxygen atoms in total. The number of thioether (sulfide) groups is 1. The van der Waals surface area contributed by atoms with Gasteiger partial charge in [0.15, 0.2) is 5.76 Å². The fourth-order valence-electron chi connectivity index (χ4n) is 1.92. The van der Waals surface area contributed by atoms with Gasteiger partial charge < -0.3 is 10.3 Å². The molecule has 0 saturated heterocycles. The summed E-state index contributed by atoms with van der Waals surface area (Å²) in [7, 11) is 0. The normalized spacial score (nSPS) is 10.8. The van der Waals surface area contributed by atoms with Crippen molar-refractivity contribution in [1.82, 2.24) is 5.16 Å². The van der Waals surface area contributed by atoms with Crippen molar-refractivity contribution in [2.24, 2.45) is 5.73 Å². The summed E-state index contributed by atoms with van der Waals surface area (Å²) >= 11 is 1.83. The molecule has 0 saturated carbocycles. The van der Waals surface area contributed by atoms with Crippen LogP contribution in [-0.2, 0) is 6.42 Å². The standard InChI is InChI=1S/C14H18N2OS/c1-3-18-12-6-4-11(5-7-12)14-13(8-9-15)10(2)16-17-14/h4-7H,3,8-9,15H2,1-2H3. The van der Waals surface area contributed by atoms with Crippen molar-refractivity contribution >= 4 is 11.8 Å². The molecule has 0 aliphatic rings. The smallest absolute Gasteiger partial charge is 0.170 e. The van der Waals surface area contributed by atoms with Gasteiger partial charge in [0.2, 0.25) is 0 Å². The topological polar surface area (TPSA) is 52.0 Å². The molecular formula is C14H18N2OS. The van der Waals surface area contributed by atoms with Crippen LogP contribution in [0.3, 0.4) is 0 Å². The predicted octanol–water partition coefficient (Wildman–Crippen LogP) is 3.26. The Labute approximate surface area is 112 Å². The first-order valence-electron chi connectivity index (χ1n) is 6.14. The van der Waals surface area contributed by atoms with Crippen molar-refractivity contribution in [3.05, 3.63) is 35.5 Å². The third-order valence-corrected chi connectivity index (χ3v) is 3.70. The lowest BCUT2D eigenvalue weighted by Gasteiger charge is -2.03. The molecule has 0 atom stereocenters.